The quantitative estimate of drug-likeness (QED) is 0.708. The van der Waals surface area contributed by atoms with Gasteiger partial charge in [-0.05, 0) is 25.0 Å². The molecule has 1 heteroatoms. The summed E-state index contributed by atoms with van der Waals surface area (Å²) in [5, 5.41) is 9.50. The molecule has 1 aromatic rings. The molecule has 0 bridgehead atoms. The van der Waals surface area contributed by atoms with E-state index in [0.717, 1.165) is 23.1 Å². The summed E-state index contributed by atoms with van der Waals surface area (Å²) in [6.07, 6.45) is 0.842. The Hall–Kier alpha value is -1.24. The van der Waals surface area contributed by atoms with Crippen molar-refractivity contribution in [2.24, 2.45) is 0 Å². The van der Waals surface area contributed by atoms with E-state index in [2.05, 4.69) is 6.58 Å². The topological polar surface area (TPSA) is 20.2 Å². The van der Waals surface area contributed by atoms with Crippen LogP contribution in [0.15, 0.2) is 24.8 Å². The molecule has 1 N–H and O–H groups in total. The van der Waals surface area contributed by atoms with Gasteiger partial charge in [0.1, 0.15) is 5.75 Å². The summed E-state index contributed by atoms with van der Waals surface area (Å²) in [7, 11) is 0. The predicted octanol–water partition coefficient (Wildman–Crippen LogP) is 2.99. The molecule has 1 rings (SSSR count). The van der Waals surface area contributed by atoms with E-state index < -0.39 is 0 Å². The molecular formula is C11H14O. The number of rotatable bonds is 2. The van der Waals surface area contributed by atoms with Crippen LogP contribution in [0.5, 0.6) is 5.75 Å². The zero-order valence-electron chi connectivity index (χ0n) is 7.59. The van der Waals surface area contributed by atoms with Crippen LogP contribution < -0.4 is 0 Å². The summed E-state index contributed by atoms with van der Waals surface area (Å²) in [6, 6.07) is 5.55. The van der Waals surface area contributed by atoms with Gasteiger partial charge < -0.3 is 5.11 Å². The Bertz CT molecular complexity index is 300. The van der Waals surface area contributed by atoms with Crippen LogP contribution in [0.1, 0.15) is 25.0 Å². The summed E-state index contributed by atoms with van der Waals surface area (Å²) in [5.41, 5.74) is 3.06. The fourth-order valence-corrected chi connectivity index (χ4v) is 1.35. The van der Waals surface area contributed by atoms with Crippen LogP contribution in [0, 0.1) is 0 Å². The maximum absolute atomic E-state index is 9.50. The molecule has 0 heterocycles. The molecule has 0 aliphatic heterocycles. The molecule has 0 fully saturated rings. The number of phenols is 1. The van der Waals surface area contributed by atoms with Crippen molar-refractivity contribution < 1.29 is 5.11 Å². The van der Waals surface area contributed by atoms with Gasteiger partial charge in [0, 0.05) is 5.56 Å². The normalized spacial score (nSPS) is 9.83. The lowest BCUT2D eigenvalue weighted by Crippen LogP contribution is -1.89. The Kier molecular flexibility index (Phi) is 2.54. The van der Waals surface area contributed by atoms with Gasteiger partial charge in [-0.15, -0.1) is 0 Å². The smallest absolute Gasteiger partial charge is 0.119 e. The third-order valence-electron chi connectivity index (χ3n) is 1.96. The molecule has 64 valence electrons. The van der Waals surface area contributed by atoms with Crippen LogP contribution in [0.2, 0.25) is 0 Å². The summed E-state index contributed by atoms with van der Waals surface area (Å²) < 4.78 is 0. The minimum Gasteiger partial charge on any atom is -0.508 e. The van der Waals surface area contributed by atoms with Gasteiger partial charge in [0.15, 0.2) is 0 Å². The Morgan fingerprint density at radius 2 is 2.17 bits per heavy atom. The summed E-state index contributed by atoms with van der Waals surface area (Å²) in [6.45, 7) is 7.85. The first-order valence-electron chi connectivity index (χ1n) is 4.13. The molecule has 0 saturated carbocycles. The Labute approximate surface area is 73.4 Å². The molecular weight excluding hydrogens is 148 g/mol. The van der Waals surface area contributed by atoms with Gasteiger partial charge in [-0.3, -0.25) is 0 Å². The third-order valence-corrected chi connectivity index (χ3v) is 1.96. The first kappa shape index (κ1) is 8.85. The van der Waals surface area contributed by atoms with Crippen LogP contribution in [0.3, 0.4) is 0 Å². The molecule has 0 aromatic heterocycles. The molecule has 0 amide bonds. The SMILES string of the molecule is C=C(C)c1cccc(O)c1CC. The van der Waals surface area contributed by atoms with E-state index in [9.17, 15) is 5.11 Å². The summed E-state index contributed by atoms with van der Waals surface area (Å²) in [5.74, 6) is 0.373. The van der Waals surface area contributed by atoms with E-state index in [-0.39, 0.29) is 0 Å². The summed E-state index contributed by atoms with van der Waals surface area (Å²) >= 11 is 0. The highest BCUT2D eigenvalue weighted by Gasteiger charge is 2.04. The molecule has 0 aliphatic rings. The van der Waals surface area contributed by atoms with Gasteiger partial charge in [-0.1, -0.05) is 31.2 Å². The van der Waals surface area contributed by atoms with E-state index in [4.69, 9.17) is 0 Å². The first-order valence-corrected chi connectivity index (χ1v) is 4.13. The molecule has 1 nitrogen and oxygen atoms in total. The number of hydrogen-bond donors (Lipinski definition) is 1. The standard InChI is InChI=1S/C11H14O/c1-4-9-10(8(2)3)6-5-7-11(9)12/h5-7,12H,2,4H2,1,3H3. The van der Waals surface area contributed by atoms with Crippen LogP contribution in [0.25, 0.3) is 5.57 Å². The Morgan fingerprint density at radius 3 is 2.58 bits per heavy atom. The number of phenolic OH excluding ortho intramolecular Hbond substituents is 1. The molecule has 0 atom stereocenters. The lowest BCUT2D eigenvalue weighted by molar-refractivity contribution is 0.468. The lowest BCUT2D eigenvalue weighted by Gasteiger charge is -2.08. The molecule has 0 spiro atoms. The Morgan fingerprint density at radius 1 is 1.50 bits per heavy atom. The van der Waals surface area contributed by atoms with Gasteiger partial charge in [-0.25, -0.2) is 0 Å². The Balaban J connectivity index is 3.27. The van der Waals surface area contributed by atoms with Gasteiger partial charge in [0.25, 0.3) is 0 Å². The van der Waals surface area contributed by atoms with Crippen molar-refractivity contribution in [3.63, 3.8) is 0 Å². The average molecular weight is 162 g/mol. The second-order valence-corrected chi connectivity index (χ2v) is 2.94. The van der Waals surface area contributed by atoms with E-state index >= 15 is 0 Å². The van der Waals surface area contributed by atoms with Crippen LogP contribution >= 0.6 is 0 Å². The average Bonchev–Trinajstić information content (AvgIpc) is 2.03. The third kappa shape index (κ3) is 1.50. The van der Waals surface area contributed by atoms with Crippen molar-refractivity contribution in [2.75, 3.05) is 0 Å². The highest BCUT2D eigenvalue weighted by molar-refractivity contribution is 5.66. The number of benzene rings is 1. The molecule has 1 aromatic carbocycles. The van der Waals surface area contributed by atoms with Crippen LogP contribution in [-0.2, 0) is 6.42 Å². The van der Waals surface area contributed by atoms with Crippen molar-refractivity contribution in [1.82, 2.24) is 0 Å². The van der Waals surface area contributed by atoms with Crippen molar-refractivity contribution in [3.8, 4) is 5.75 Å². The minimum absolute atomic E-state index is 0.373. The predicted molar refractivity (Wildman–Crippen MR) is 52.2 cm³/mol. The van der Waals surface area contributed by atoms with Gasteiger partial charge in [0.2, 0.25) is 0 Å². The second kappa shape index (κ2) is 3.44. The highest BCUT2D eigenvalue weighted by Crippen LogP contribution is 2.25. The second-order valence-electron chi connectivity index (χ2n) is 2.94. The number of hydrogen-bond acceptors (Lipinski definition) is 1. The van der Waals surface area contributed by atoms with Crippen molar-refractivity contribution in [2.45, 2.75) is 20.3 Å². The zero-order valence-corrected chi connectivity index (χ0v) is 7.59. The number of aromatic hydroxyl groups is 1. The van der Waals surface area contributed by atoms with Crippen molar-refractivity contribution in [3.05, 3.63) is 35.9 Å². The van der Waals surface area contributed by atoms with E-state index in [1.54, 1.807) is 6.07 Å². The van der Waals surface area contributed by atoms with Gasteiger partial charge in [-0.2, -0.15) is 0 Å². The molecule has 0 unspecified atom stereocenters. The van der Waals surface area contributed by atoms with E-state index in [1.165, 1.54) is 0 Å². The van der Waals surface area contributed by atoms with E-state index in [1.807, 2.05) is 26.0 Å². The molecule has 0 aliphatic carbocycles. The maximum Gasteiger partial charge on any atom is 0.119 e. The van der Waals surface area contributed by atoms with E-state index in [0.29, 0.717) is 5.75 Å². The monoisotopic (exact) mass is 162 g/mol. The maximum atomic E-state index is 9.50. The van der Waals surface area contributed by atoms with Gasteiger partial charge in [0.05, 0.1) is 0 Å². The zero-order chi connectivity index (χ0) is 9.14. The van der Waals surface area contributed by atoms with Crippen molar-refractivity contribution >= 4 is 5.57 Å². The molecule has 0 saturated heterocycles. The van der Waals surface area contributed by atoms with Crippen LogP contribution in [0.4, 0.5) is 0 Å². The first-order chi connectivity index (χ1) is 5.66. The van der Waals surface area contributed by atoms with Crippen molar-refractivity contribution in [1.29, 1.82) is 0 Å². The fourth-order valence-electron chi connectivity index (χ4n) is 1.35. The fraction of sp³-hybridized carbons (Fsp3) is 0.273. The minimum atomic E-state index is 0.373. The van der Waals surface area contributed by atoms with Crippen LogP contribution in [-0.4, -0.2) is 5.11 Å². The highest BCUT2D eigenvalue weighted by atomic mass is 16.3. The van der Waals surface area contributed by atoms with Gasteiger partial charge >= 0.3 is 0 Å². The molecule has 0 radical (unpaired) electrons. The molecule has 12 heavy (non-hydrogen) atoms. The lowest BCUT2D eigenvalue weighted by atomic mass is 9.99. The number of allylic oxidation sites excluding steroid dienone is 1. The summed E-state index contributed by atoms with van der Waals surface area (Å²) in [4.78, 5) is 0. The largest absolute Gasteiger partial charge is 0.508 e.